The zero-order valence-corrected chi connectivity index (χ0v) is 26.3. The van der Waals surface area contributed by atoms with Crippen LogP contribution in [-0.2, 0) is 0 Å². The first-order valence-corrected chi connectivity index (χ1v) is 16.4. The second-order valence-electron chi connectivity index (χ2n) is 12.4. The molecule has 10 aromatic rings. The van der Waals surface area contributed by atoms with E-state index in [0.29, 0.717) is 17.5 Å². The molecule has 2 heterocycles. The van der Waals surface area contributed by atoms with Gasteiger partial charge in [0.2, 0.25) is 0 Å². The van der Waals surface area contributed by atoms with E-state index in [4.69, 9.17) is 19.4 Å². The van der Waals surface area contributed by atoms with Crippen LogP contribution < -0.4 is 0 Å². The molecule has 4 heteroatoms. The lowest BCUT2D eigenvalue weighted by atomic mass is 9.94. The third kappa shape index (κ3) is 4.57. The highest BCUT2D eigenvalue weighted by molar-refractivity contribution is 6.20. The van der Waals surface area contributed by atoms with Gasteiger partial charge < -0.3 is 4.42 Å². The number of aromatic nitrogens is 3. The van der Waals surface area contributed by atoms with Crippen LogP contribution in [0.1, 0.15) is 0 Å². The summed E-state index contributed by atoms with van der Waals surface area (Å²) in [5.41, 5.74) is 6.65. The van der Waals surface area contributed by atoms with Gasteiger partial charge in [0.15, 0.2) is 17.5 Å². The van der Waals surface area contributed by atoms with Gasteiger partial charge in [0, 0.05) is 27.3 Å². The average molecular weight is 626 g/mol. The number of fused-ring (bicyclic) bond motifs is 7. The Morgan fingerprint density at radius 2 is 0.857 bits per heavy atom. The van der Waals surface area contributed by atoms with E-state index in [9.17, 15) is 0 Å². The Bertz CT molecular complexity index is 2890. The van der Waals surface area contributed by atoms with Gasteiger partial charge in [-0.05, 0) is 62.3 Å². The third-order valence-corrected chi connectivity index (χ3v) is 9.48. The van der Waals surface area contributed by atoms with Crippen LogP contribution in [0.5, 0.6) is 0 Å². The van der Waals surface area contributed by atoms with Gasteiger partial charge in [0.05, 0.1) is 5.56 Å². The molecular formula is C45H27N3O. The van der Waals surface area contributed by atoms with Crippen molar-refractivity contribution in [3.63, 3.8) is 0 Å². The van der Waals surface area contributed by atoms with Crippen LogP contribution >= 0.6 is 0 Å². The van der Waals surface area contributed by atoms with Gasteiger partial charge in [-0.25, -0.2) is 15.0 Å². The van der Waals surface area contributed by atoms with E-state index in [1.807, 2.05) is 36.4 Å². The third-order valence-electron chi connectivity index (χ3n) is 9.48. The van der Waals surface area contributed by atoms with Crippen molar-refractivity contribution < 1.29 is 4.42 Å². The molecule has 0 unspecified atom stereocenters. The van der Waals surface area contributed by atoms with Crippen molar-refractivity contribution in [3.8, 4) is 45.3 Å². The Morgan fingerprint density at radius 1 is 0.306 bits per heavy atom. The summed E-state index contributed by atoms with van der Waals surface area (Å²) in [5, 5.41) is 9.06. The fourth-order valence-electron chi connectivity index (χ4n) is 7.06. The molecule has 0 amide bonds. The van der Waals surface area contributed by atoms with Crippen molar-refractivity contribution >= 4 is 54.3 Å². The molecule has 2 aromatic heterocycles. The maximum Gasteiger partial charge on any atom is 0.167 e. The molecule has 0 radical (unpaired) electrons. The van der Waals surface area contributed by atoms with E-state index in [1.165, 1.54) is 27.3 Å². The highest BCUT2D eigenvalue weighted by Gasteiger charge is 2.20. The molecular weight excluding hydrogens is 599 g/mol. The zero-order valence-electron chi connectivity index (χ0n) is 26.3. The van der Waals surface area contributed by atoms with Crippen molar-refractivity contribution in [2.24, 2.45) is 0 Å². The van der Waals surface area contributed by atoms with Crippen LogP contribution in [0.3, 0.4) is 0 Å². The highest BCUT2D eigenvalue weighted by atomic mass is 16.3. The molecule has 0 saturated heterocycles. The van der Waals surface area contributed by atoms with Gasteiger partial charge in [0.25, 0.3) is 0 Å². The average Bonchev–Trinajstić information content (AvgIpc) is 3.56. The molecule has 0 aliphatic heterocycles. The van der Waals surface area contributed by atoms with Crippen LogP contribution in [0, 0.1) is 0 Å². The van der Waals surface area contributed by atoms with Gasteiger partial charge in [-0.2, -0.15) is 0 Å². The van der Waals surface area contributed by atoms with Crippen molar-refractivity contribution in [1.82, 2.24) is 15.0 Å². The Morgan fingerprint density at radius 3 is 1.61 bits per heavy atom. The summed E-state index contributed by atoms with van der Waals surface area (Å²) in [7, 11) is 0. The van der Waals surface area contributed by atoms with Crippen molar-refractivity contribution in [1.29, 1.82) is 0 Å². The Hall–Kier alpha value is -6.65. The molecule has 0 fully saturated rings. The molecule has 0 N–H and O–H groups in total. The fourth-order valence-corrected chi connectivity index (χ4v) is 7.06. The highest BCUT2D eigenvalue weighted by Crippen LogP contribution is 2.42. The molecule has 0 aliphatic rings. The maximum absolute atomic E-state index is 6.86. The van der Waals surface area contributed by atoms with Gasteiger partial charge in [0.1, 0.15) is 11.2 Å². The van der Waals surface area contributed by atoms with Crippen LogP contribution in [0.4, 0.5) is 0 Å². The molecule has 0 atom stereocenters. The largest absolute Gasteiger partial charge is 0.455 e. The van der Waals surface area contributed by atoms with Crippen LogP contribution in [0.15, 0.2) is 168 Å². The normalized spacial score (nSPS) is 11.7. The fraction of sp³-hybridized carbons (Fsp3) is 0. The number of nitrogens with zero attached hydrogens (tertiary/aromatic N) is 3. The minimum absolute atomic E-state index is 0.570. The van der Waals surface area contributed by atoms with Crippen LogP contribution in [-0.4, -0.2) is 15.0 Å². The Kier molecular flexibility index (Phi) is 6.15. The summed E-state index contributed by atoms with van der Waals surface area (Å²) in [4.78, 5) is 15.1. The maximum atomic E-state index is 6.86. The van der Waals surface area contributed by atoms with E-state index < -0.39 is 0 Å². The Balaban J connectivity index is 1.21. The van der Waals surface area contributed by atoms with E-state index >= 15 is 0 Å². The van der Waals surface area contributed by atoms with E-state index in [2.05, 4.69) is 127 Å². The monoisotopic (exact) mass is 625 g/mol. The zero-order chi connectivity index (χ0) is 32.3. The lowest BCUT2D eigenvalue weighted by molar-refractivity contribution is 0.673. The number of rotatable bonds is 4. The van der Waals surface area contributed by atoms with Crippen molar-refractivity contribution in [2.75, 3.05) is 0 Å². The molecule has 228 valence electrons. The summed E-state index contributed by atoms with van der Waals surface area (Å²) in [6.45, 7) is 0. The second-order valence-corrected chi connectivity index (χ2v) is 12.4. The quantitative estimate of drug-likeness (QED) is 0.195. The topological polar surface area (TPSA) is 51.8 Å². The van der Waals surface area contributed by atoms with Crippen LogP contribution in [0.25, 0.3) is 99.5 Å². The minimum Gasteiger partial charge on any atom is -0.455 e. The smallest absolute Gasteiger partial charge is 0.167 e. The number of para-hydroxylation sites is 1. The summed E-state index contributed by atoms with van der Waals surface area (Å²) in [5.74, 6) is 1.80. The first-order valence-electron chi connectivity index (χ1n) is 16.4. The first kappa shape index (κ1) is 27.5. The SMILES string of the molecule is c1ccc(-c2nc(-c3ccc4ccccc4c3)nc(-c3cccc4c3oc3c5ccccc5c(-c5ccc6ccccc6c5)cc43)n2)cc1. The van der Waals surface area contributed by atoms with Crippen molar-refractivity contribution in [3.05, 3.63) is 164 Å². The van der Waals surface area contributed by atoms with Gasteiger partial charge in [-0.3, -0.25) is 0 Å². The minimum atomic E-state index is 0.570. The molecule has 10 rings (SSSR count). The number of hydrogen-bond acceptors (Lipinski definition) is 4. The summed E-state index contributed by atoms with van der Waals surface area (Å²) < 4.78 is 6.86. The molecule has 0 spiro atoms. The summed E-state index contributed by atoms with van der Waals surface area (Å²) in [6, 6.07) is 57.0. The number of furan rings is 1. The molecule has 49 heavy (non-hydrogen) atoms. The van der Waals surface area contributed by atoms with Crippen LogP contribution in [0.2, 0.25) is 0 Å². The number of hydrogen-bond donors (Lipinski definition) is 0. The summed E-state index contributed by atoms with van der Waals surface area (Å²) in [6.07, 6.45) is 0. The second kappa shape index (κ2) is 11.0. The molecule has 4 nitrogen and oxygen atoms in total. The predicted molar refractivity (Wildman–Crippen MR) is 201 cm³/mol. The predicted octanol–water partition coefficient (Wildman–Crippen LogP) is 11.9. The van der Waals surface area contributed by atoms with Gasteiger partial charge in [-0.1, -0.05) is 140 Å². The lowest BCUT2D eigenvalue weighted by Crippen LogP contribution is -2.00. The molecule has 0 aliphatic carbocycles. The summed E-state index contributed by atoms with van der Waals surface area (Å²) >= 11 is 0. The van der Waals surface area contributed by atoms with Crippen molar-refractivity contribution in [2.45, 2.75) is 0 Å². The first-order chi connectivity index (χ1) is 24.3. The molecule has 8 aromatic carbocycles. The Labute approximate surface area is 282 Å². The van der Waals surface area contributed by atoms with Gasteiger partial charge in [-0.15, -0.1) is 0 Å². The van der Waals surface area contributed by atoms with E-state index in [0.717, 1.165) is 54.8 Å². The van der Waals surface area contributed by atoms with E-state index in [1.54, 1.807) is 0 Å². The molecule has 0 saturated carbocycles. The van der Waals surface area contributed by atoms with E-state index in [-0.39, 0.29) is 0 Å². The van der Waals surface area contributed by atoms with Gasteiger partial charge >= 0.3 is 0 Å². The number of benzene rings is 8. The standard InChI is InChI=1S/C45H27N3O/c1-2-13-30(14-3-1)43-46-44(34-24-22-29-12-5-7-16-32(29)26-34)48-45(47-43)38-20-10-19-37-40-27-39(33-23-21-28-11-4-6-15-31(28)25-33)35-17-8-9-18-36(35)42(40)49-41(37)38/h1-27H. The lowest BCUT2D eigenvalue weighted by Gasteiger charge is -2.09. The molecule has 0 bridgehead atoms.